The third-order valence-electron chi connectivity index (χ3n) is 2.66. The fourth-order valence-electron chi connectivity index (χ4n) is 1.76. The normalized spacial score (nSPS) is 10.4. The van der Waals surface area contributed by atoms with Crippen molar-refractivity contribution in [3.05, 3.63) is 54.7 Å². The first-order valence-electron chi connectivity index (χ1n) is 5.61. The van der Waals surface area contributed by atoms with E-state index in [4.69, 9.17) is 4.74 Å². The van der Waals surface area contributed by atoms with Crippen LogP contribution in [0.1, 0.15) is 5.56 Å². The first-order chi connectivity index (χ1) is 9.92. The molecule has 0 N–H and O–H groups in total. The second-order valence-corrected chi connectivity index (χ2v) is 4.87. The molecular weight excluding hydrogens is 348 g/mol. The van der Waals surface area contributed by atoms with Gasteiger partial charge in [0.05, 0.1) is 29.9 Å². The van der Waals surface area contributed by atoms with E-state index in [9.17, 15) is 20.2 Å². The molecule has 0 saturated carbocycles. The van der Waals surface area contributed by atoms with Gasteiger partial charge in [0.1, 0.15) is 4.47 Å². The zero-order valence-corrected chi connectivity index (χ0v) is 12.3. The van der Waals surface area contributed by atoms with E-state index in [1.54, 1.807) is 6.07 Å². The van der Waals surface area contributed by atoms with Crippen LogP contribution in [-0.4, -0.2) is 26.7 Å². The molecule has 0 aliphatic heterocycles. The Labute approximate surface area is 126 Å². The van der Waals surface area contributed by atoms with Crippen LogP contribution in [-0.2, 0) is 6.54 Å². The molecule has 10 heteroatoms. The van der Waals surface area contributed by atoms with Gasteiger partial charge in [-0.15, -0.1) is 0 Å². The molecule has 0 bridgehead atoms. The van der Waals surface area contributed by atoms with Crippen LogP contribution in [0.4, 0.5) is 11.5 Å². The van der Waals surface area contributed by atoms with Gasteiger partial charge in [0.2, 0.25) is 0 Å². The summed E-state index contributed by atoms with van der Waals surface area (Å²) in [5, 5.41) is 25.4. The summed E-state index contributed by atoms with van der Waals surface area (Å²) in [6, 6.07) is 4.45. The van der Waals surface area contributed by atoms with Crippen LogP contribution < -0.4 is 4.74 Å². The van der Waals surface area contributed by atoms with Gasteiger partial charge in [-0.1, -0.05) is 6.07 Å². The predicted molar refractivity (Wildman–Crippen MR) is 75.3 cm³/mol. The topological polar surface area (TPSA) is 113 Å². The van der Waals surface area contributed by atoms with Gasteiger partial charge in [-0.3, -0.25) is 10.1 Å². The van der Waals surface area contributed by atoms with Crippen molar-refractivity contribution in [1.82, 2.24) is 9.78 Å². The first kappa shape index (κ1) is 14.9. The standard InChI is InChI=1S/C11H9BrN4O5/c1-21-10-3-2-7(4-9(10)15(17)18)5-14-6-8(12)11(13-14)16(19)20/h2-4,6H,5H2,1H3. The summed E-state index contributed by atoms with van der Waals surface area (Å²) in [5.41, 5.74) is 0.406. The molecule has 1 aromatic carbocycles. The number of aromatic nitrogens is 2. The van der Waals surface area contributed by atoms with Gasteiger partial charge in [-0.05, 0) is 32.5 Å². The average molecular weight is 357 g/mol. The Hall–Kier alpha value is -2.49. The lowest BCUT2D eigenvalue weighted by Gasteiger charge is -2.03. The molecule has 21 heavy (non-hydrogen) atoms. The third-order valence-corrected chi connectivity index (χ3v) is 3.22. The van der Waals surface area contributed by atoms with Gasteiger partial charge in [0.15, 0.2) is 5.75 Å². The molecule has 0 saturated heterocycles. The first-order valence-corrected chi connectivity index (χ1v) is 6.40. The number of nitro groups is 2. The van der Waals surface area contributed by atoms with Gasteiger partial charge < -0.3 is 14.9 Å². The number of nitro benzene ring substituents is 1. The summed E-state index contributed by atoms with van der Waals surface area (Å²) in [4.78, 5) is 20.5. The lowest BCUT2D eigenvalue weighted by Crippen LogP contribution is -2.02. The average Bonchev–Trinajstić information content (AvgIpc) is 2.79. The molecule has 0 unspecified atom stereocenters. The van der Waals surface area contributed by atoms with E-state index in [1.165, 1.54) is 30.1 Å². The molecule has 0 fully saturated rings. The molecule has 2 aromatic rings. The molecule has 1 heterocycles. The van der Waals surface area contributed by atoms with Gasteiger partial charge >= 0.3 is 11.5 Å². The number of ether oxygens (including phenoxy) is 1. The van der Waals surface area contributed by atoms with Gasteiger partial charge in [-0.25, -0.2) is 0 Å². The highest BCUT2D eigenvalue weighted by Gasteiger charge is 2.20. The zero-order chi connectivity index (χ0) is 15.6. The molecule has 2 rings (SSSR count). The van der Waals surface area contributed by atoms with Crippen LogP contribution in [0.25, 0.3) is 0 Å². The monoisotopic (exact) mass is 356 g/mol. The Balaban J connectivity index is 2.31. The predicted octanol–water partition coefficient (Wildman–Crippen LogP) is 2.52. The van der Waals surface area contributed by atoms with Crippen LogP contribution in [0.3, 0.4) is 0 Å². The van der Waals surface area contributed by atoms with Crippen molar-refractivity contribution in [3.8, 4) is 5.75 Å². The van der Waals surface area contributed by atoms with E-state index >= 15 is 0 Å². The van der Waals surface area contributed by atoms with E-state index in [2.05, 4.69) is 21.0 Å². The molecule has 0 amide bonds. The minimum Gasteiger partial charge on any atom is -0.490 e. The number of hydrogen-bond donors (Lipinski definition) is 0. The summed E-state index contributed by atoms with van der Waals surface area (Å²) >= 11 is 3.04. The Bertz CT molecular complexity index is 715. The van der Waals surface area contributed by atoms with Crippen LogP contribution in [0, 0.1) is 20.2 Å². The van der Waals surface area contributed by atoms with Crippen molar-refractivity contribution in [2.24, 2.45) is 0 Å². The van der Waals surface area contributed by atoms with Gasteiger partial charge in [0, 0.05) is 6.07 Å². The SMILES string of the molecule is COc1ccc(Cn2cc(Br)c([N+](=O)[O-])n2)cc1[N+](=O)[O-]. The van der Waals surface area contributed by atoms with E-state index in [1.807, 2.05) is 0 Å². The second kappa shape index (κ2) is 5.87. The Morgan fingerprint density at radius 1 is 1.33 bits per heavy atom. The lowest BCUT2D eigenvalue weighted by molar-refractivity contribution is -0.390. The highest BCUT2D eigenvalue weighted by Crippen LogP contribution is 2.28. The van der Waals surface area contributed by atoms with E-state index in [-0.39, 0.29) is 28.3 Å². The molecular formula is C11H9BrN4O5. The minimum atomic E-state index is -0.614. The Morgan fingerprint density at radius 2 is 2.05 bits per heavy atom. The van der Waals surface area contributed by atoms with Crippen molar-refractivity contribution in [2.75, 3.05) is 7.11 Å². The summed E-state index contributed by atoms with van der Waals surface area (Å²) in [6.07, 6.45) is 1.44. The van der Waals surface area contributed by atoms with Crippen molar-refractivity contribution in [2.45, 2.75) is 6.54 Å². The fraction of sp³-hybridized carbons (Fsp3) is 0.182. The van der Waals surface area contributed by atoms with E-state index < -0.39 is 9.85 Å². The van der Waals surface area contributed by atoms with Gasteiger partial charge in [0.25, 0.3) is 0 Å². The van der Waals surface area contributed by atoms with Crippen LogP contribution >= 0.6 is 15.9 Å². The van der Waals surface area contributed by atoms with E-state index in [0.717, 1.165) is 0 Å². The summed E-state index contributed by atoms with van der Waals surface area (Å²) in [5.74, 6) is -0.158. The molecule has 0 aliphatic rings. The maximum Gasteiger partial charge on any atom is 0.404 e. The smallest absolute Gasteiger partial charge is 0.404 e. The van der Waals surface area contributed by atoms with Crippen molar-refractivity contribution in [1.29, 1.82) is 0 Å². The maximum atomic E-state index is 10.9. The molecule has 0 spiro atoms. The van der Waals surface area contributed by atoms with E-state index in [0.29, 0.717) is 5.56 Å². The minimum absolute atomic E-state index is 0.149. The van der Waals surface area contributed by atoms with Crippen LogP contribution in [0.2, 0.25) is 0 Å². The molecule has 1 aromatic heterocycles. The number of nitrogens with zero attached hydrogens (tertiary/aromatic N) is 4. The van der Waals surface area contributed by atoms with Gasteiger partial charge in [-0.2, -0.15) is 4.68 Å². The molecule has 0 radical (unpaired) electrons. The van der Waals surface area contributed by atoms with Crippen molar-refractivity contribution < 1.29 is 14.6 Å². The quantitative estimate of drug-likeness (QED) is 0.600. The number of methoxy groups -OCH3 is 1. The number of halogens is 1. The highest BCUT2D eigenvalue weighted by atomic mass is 79.9. The molecule has 9 nitrogen and oxygen atoms in total. The summed E-state index contributed by atoms with van der Waals surface area (Å²) in [7, 11) is 1.34. The Morgan fingerprint density at radius 3 is 2.57 bits per heavy atom. The highest BCUT2D eigenvalue weighted by molar-refractivity contribution is 9.10. The Kier molecular flexibility index (Phi) is 4.17. The number of benzene rings is 1. The van der Waals surface area contributed by atoms with Crippen molar-refractivity contribution >= 4 is 27.4 Å². The van der Waals surface area contributed by atoms with Crippen LogP contribution in [0.5, 0.6) is 5.75 Å². The van der Waals surface area contributed by atoms with Crippen molar-refractivity contribution in [3.63, 3.8) is 0 Å². The second-order valence-electron chi connectivity index (χ2n) is 4.02. The molecule has 0 aliphatic carbocycles. The molecule has 110 valence electrons. The maximum absolute atomic E-state index is 10.9. The summed E-state index contributed by atoms with van der Waals surface area (Å²) in [6.45, 7) is 0.164. The molecule has 0 atom stereocenters. The summed E-state index contributed by atoms with van der Waals surface area (Å²) < 4.78 is 6.48. The number of rotatable bonds is 5. The van der Waals surface area contributed by atoms with Crippen LogP contribution in [0.15, 0.2) is 28.9 Å². The third kappa shape index (κ3) is 3.16. The zero-order valence-electron chi connectivity index (χ0n) is 10.7. The lowest BCUT2D eigenvalue weighted by atomic mass is 10.2. The largest absolute Gasteiger partial charge is 0.490 e. The number of hydrogen-bond acceptors (Lipinski definition) is 6. The fourth-order valence-corrected chi connectivity index (χ4v) is 2.22.